The van der Waals surface area contributed by atoms with Gasteiger partial charge in [-0.05, 0) is 18.6 Å². The van der Waals surface area contributed by atoms with Crippen LogP contribution in [-0.2, 0) is 9.59 Å². The van der Waals surface area contributed by atoms with E-state index in [2.05, 4.69) is 12.1 Å². The molecule has 5 nitrogen and oxygen atoms in total. The van der Waals surface area contributed by atoms with E-state index in [0.717, 1.165) is 16.9 Å². The lowest BCUT2D eigenvalue weighted by atomic mass is 9.73. The van der Waals surface area contributed by atoms with Crippen LogP contribution in [0.1, 0.15) is 30.0 Å². The van der Waals surface area contributed by atoms with Gasteiger partial charge in [-0.3, -0.25) is 9.59 Å². The summed E-state index contributed by atoms with van der Waals surface area (Å²) in [7, 11) is 1.72. The fourth-order valence-corrected chi connectivity index (χ4v) is 5.45. The number of benzene rings is 2. The molecule has 27 heavy (non-hydrogen) atoms. The molecule has 0 radical (unpaired) electrons. The minimum absolute atomic E-state index is 0.00262. The van der Waals surface area contributed by atoms with Crippen molar-refractivity contribution in [3.8, 4) is 5.75 Å². The average molecular weight is 362 g/mol. The fraction of sp³-hybridized carbons (Fsp3) is 0.364. The van der Waals surface area contributed by atoms with Gasteiger partial charge in [0.2, 0.25) is 11.8 Å². The highest BCUT2D eigenvalue weighted by Gasteiger charge is 2.66. The highest BCUT2D eigenvalue weighted by atomic mass is 16.5. The van der Waals surface area contributed by atoms with Crippen molar-refractivity contribution in [2.24, 2.45) is 5.92 Å². The first kappa shape index (κ1) is 16.4. The molecule has 5 rings (SSSR count). The lowest BCUT2D eigenvalue weighted by Gasteiger charge is -2.46. The first-order valence-electron chi connectivity index (χ1n) is 9.38. The second kappa shape index (κ2) is 5.59. The number of carbonyl (C=O) groups excluding carboxylic acids is 2. The molecular weight excluding hydrogens is 340 g/mol. The number of piperazine rings is 1. The minimum Gasteiger partial charge on any atom is -0.493 e. The number of carbonyl (C=O) groups is 2. The molecule has 0 saturated carbocycles. The summed E-state index contributed by atoms with van der Waals surface area (Å²) < 4.78 is 6.07. The Balaban J connectivity index is 1.75. The summed E-state index contributed by atoms with van der Waals surface area (Å²) in [5, 5.41) is 0. The Labute approximate surface area is 158 Å². The third kappa shape index (κ3) is 2.05. The quantitative estimate of drug-likeness (QED) is 0.784. The molecule has 2 amide bonds. The molecule has 4 atom stereocenters. The molecule has 2 aromatic carbocycles. The Morgan fingerprint density at radius 3 is 2.52 bits per heavy atom. The van der Waals surface area contributed by atoms with Gasteiger partial charge in [-0.25, -0.2) is 0 Å². The molecule has 0 unspecified atom stereocenters. The van der Waals surface area contributed by atoms with Gasteiger partial charge in [-0.1, -0.05) is 48.5 Å². The maximum absolute atomic E-state index is 13.4. The van der Waals surface area contributed by atoms with Crippen LogP contribution in [0, 0.1) is 5.92 Å². The smallest absolute Gasteiger partial charge is 0.249 e. The van der Waals surface area contributed by atoms with Crippen LogP contribution in [0.15, 0.2) is 54.6 Å². The molecule has 2 saturated heterocycles. The van der Waals surface area contributed by atoms with Gasteiger partial charge >= 0.3 is 0 Å². The van der Waals surface area contributed by atoms with Gasteiger partial charge in [0.15, 0.2) is 0 Å². The molecule has 138 valence electrons. The Bertz CT molecular complexity index is 928. The molecule has 0 aliphatic carbocycles. The summed E-state index contributed by atoms with van der Waals surface area (Å²) in [6.45, 7) is 2.56. The molecule has 5 heteroatoms. The van der Waals surface area contributed by atoms with E-state index in [0.29, 0.717) is 6.61 Å². The van der Waals surface area contributed by atoms with E-state index in [1.807, 2.05) is 54.3 Å². The number of nitrogens with zero attached hydrogens (tertiary/aromatic N) is 2. The van der Waals surface area contributed by atoms with E-state index in [9.17, 15) is 9.59 Å². The van der Waals surface area contributed by atoms with E-state index >= 15 is 0 Å². The zero-order valence-electron chi connectivity index (χ0n) is 15.5. The number of para-hydroxylation sites is 1. The number of hydrogen-bond donors (Lipinski definition) is 0. The Kier molecular flexibility index (Phi) is 3.39. The van der Waals surface area contributed by atoms with Crippen molar-refractivity contribution >= 4 is 11.8 Å². The first-order chi connectivity index (χ1) is 13.0. The fourth-order valence-electron chi connectivity index (χ4n) is 5.45. The van der Waals surface area contributed by atoms with Crippen molar-refractivity contribution in [1.82, 2.24) is 9.80 Å². The van der Waals surface area contributed by atoms with Crippen molar-refractivity contribution < 1.29 is 14.3 Å². The van der Waals surface area contributed by atoms with Crippen LogP contribution in [0.2, 0.25) is 0 Å². The maximum Gasteiger partial charge on any atom is 0.249 e. The Morgan fingerprint density at radius 2 is 1.74 bits per heavy atom. The largest absolute Gasteiger partial charge is 0.493 e. The van der Waals surface area contributed by atoms with Crippen LogP contribution in [0.4, 0.5) is 0 Å². The third-order valence-electron chi connectivity index (χ3n) is 6.47. The summed E-state index contributed by atoms with van der Waals surface area (Å²) in [5.74, 6) is 0.740. The summed E-state index contributed by atoms with van der Waals surface area (Å²) in [5.41, 5.74) is 1.17. The van der Waals surface area contributed by atoms with Crippen LogP contribution in [0.5, 0.6) is 5.75 Å². The average Bonchev–Trinajstić information content (AvgIpc) is 2.97. The number of amides is 2. The molecule has 2 fully saturated rings. The standard InChI is InChI=1S/C22H22N2O3/c1-22-19(14-8-4-3-5-9-14)16-13-27-17-11-7-6-10-15(17)20(16)24(22)18(25)12-23(2)21(22)26/h3-11,16,19-20H,12-13H2,1-2H3/t16-,19+,20+,22-/m1/s1. The normalized spacial score (nSPS) is 31.9. The van der Waals surface area contributed by atoms with Crippen LogP contribution < -0.4 is 4.74 Å². The summed E-state index contributed by atoms with van der Waals surface area (Å²) in [6.07, 6.45) is 0. The predicted molar refractivity (Wildman–Crippen MR) is 100 cm³/mol. The highest BCUT2D eigenvalue weighted by molar-refractivity contribution is 5.99. The molecule has 0 aromatic heterocycles. The van der Waals surface area contributed by atoms with Crippen molar-refractivity contribution in [2.45, 2.75) is 24.4 Å². The number of fused-ring (bicyclic) bond motifs is 5. The molecule has 3 aliphatic rings. The van der Waals surface area contributed by atoms with Crippen LogP contribution >= 0.6 is 0 Å². The number of rotatable bonds is 1. The number of likely N-dealkylation sites (N-methyl/N-ethyl adjacent to an activating group) is 1. The van der Waals surface area contributed by atoms with Gasteiger partial charge in [0, 0.05) is 24.4 Å². The number of ether oxygens (including phenoxy) is 1. The van der Waals surface area contributed by atoms with E-state index in [1.165, 1.54) is 0 Å². The second-order valence-corrected chi connectivity index (χ2v) is 7.92. The highest BCUT2D eigenvalue weighted by Crippen LogP contribution is 2.59. The Morgan fingerprint density at radius 1 is 1.04 bits per heavy atom. The maximum atomic E-state index is 13.4. The Hall–Kier alpha value is -2.82. The van der Waals surface area contributed by atoms with E-state index in [-0.39, 0.29) is 36.2 Å². The first-order valence-corrected chi connectivity index (χ1v) is 9.38. The zero-order valence-corrected chi connectivity index (χ0v) is 15.5. The lowest BCUT2D eigenvalue weighted by Crippen LogP contribution is -2.65. The third-order valence-corrected chi connectivity index (χ3v) is 6.47. The van der Waals surface area contributed by atoms with Gasteiger partial charge in [0.25, 0.3) is 0 Å². The van der Waals surface area contributed by atoms with E-state index in [4.69, 9.17) is 4.74 Å². The summed E-state index contributed by atoms with van der Waals surface area (Å²) in [6, 6.07) is 17.8. The van der Waals surface area contributed by atoms with Gasteiger partial charge in [-0.2, -0.15) is 0 Å². The SMILES string of the molecule is CN1CC(=O)N2[C@H]3c4ccccc4OC[C@@H]3[C@H](c3ccccc3)[C@]2(C)C1=O. The van der Waals surface area contributed by atoms with Crippen molar-refractivity contribution in [3.63, 3.8) is 0 Å². The molecule has 0 N–H and O–H groups in total. The van der Waals surface area contributed by atoms with Crippen molar-refractivity contribution in [3.05, 3.63) is 65.7 Å². The van der Waals surface area contributed by atoms with E-state index in [1.54, 1.807) is 11.9 Å². The molecule has 0 bridgehead atoms. The minimum atomic E-state index is -0.915. The van der Waals surface area contributed by atoms with Gasteiger partial charge < -0.3 is 14.5 Å². The van der Waals surface area contributed by atoms with Crippen LogP contribution in [0.3, 0.4) is 0 Å². The number of hydrogen-bond acceptors (Lipinski definition) is 3. The van der Waals surface area contributed by atoms with Crippen LogP contribution in [-0.4, -0.2) is 47.4 Å². The van der Waals surface area contributed by atoms with E-state index < -0.39 is 5.54 Å². The monoisotopic (exact) mass is 362 g/mol. The van der Waals surface area contributed by atoms with Crippen molar-refractivity contribution in [2.75, 3.05) is 20.2 Å². The summed E-state index contributed by atoms with van der Waals surface area (Å²) in [4.78, 5) is 30.0. The second-order valence-electron chi connectivity index (χ2n) is 7.92. The molecule has 3 heterocycles. The molecular formula is C22H22N2O3. The van der Waals surface area contributed by atoms with Crippen molar-refractivity contribution in [1.29, 1.82) is 0 Å². The summed E-state index contributed by atoms with van der Waals surface area (Å²) >= 11 is 0. The predicted octanol–water partition coefficient (Wildman–Crippen LogP) is 2.59. The zero-order chi connectivity index (χ0) is 18.8. The molecule has 3 aliphatic heterocycles. The molecule has 2 aromatic rings. The molecule has 0 spiro atoms. The lowest BCUT2D eigenvalue weighted by molar-refractivity contribution is -0.162. The van der Waals surface area contributed by atoms with Gasteiger partial charge in [0.1, 0.15) is 11.3 Å². The van der Waals surface area contributed by atoms with Gasteiger partial charge in [0.05, 0.1) is 19.2 Å². The van der Waals surface area contributed by atoms with Crippen LogP contribution in [0.25, 0.3) is 0 Å². The van der Waals surface area contributed by atoms with Gasteiger partial charge in [-0.15, -0.1) is 0 Å². The topological polar surface area (TPSA) is 49.9 Å².